The topological polar surface area (TPSA) is 460 Å². The molecule has 0 spiro atoms. The number of piperidine rings is 1. The molecule has 4 atom stereocenters. The summed E-state index contributed by atoms with van der Waals surface area (Å²) >= 11 is 0. The van der Waals surface area contributed by atoms with Crippen LogP contribution in [0.4, 0.5) is 35.5 Å². The van der Waals surface area contributed by atoms with Crippen LogP contribution in [0.5, 0.6) is 34.5 Å². The molecular formula is C31H39F7N4O22. The number of aliphatic hydroxyl groups excluding tert-OH is 1. The number of carbonyl (C=O) groups excluding carboxylic acids is 2. The number of halogens is 7. The van der Waals surface area contributed by atoms with E-state index in [1.165, 1.54) is 0 Å². The first-order chi connectivity index (χ1) is 28.2. The number of carbonyl (C=O) groups is 2. The monoisotopic (exact) mass is 952 g/mol. The van der Waals surface area contributed by atoms with Crippen LogP contribution in [0.2, 0.25) is 0 Å². The zero-order valence-corrected chi connectivity index (χ0v) is 32.5. The number of urea groups is 1. The minimum absolute atomic E-state index is 0.0685. The number of phenols is 6. The first-order valence-corrected chi connectivity index (χ1v) is 16.9. The maximum atomic E-state index is 14.8. The van der Waals surface area contributed by atoms with Crippen LogP contribution in [-0.2, 0) is 22.9 Å². The lowest BCUT2D eigenvalue weighted by molar-refractivity contribution is -0.567. The molecule has 0 aliphatic carbocycles. The Labute approximate surface area is 349 Å². The highest BCUT2D eigenvalue weighted by atomic mass is 19.4. The molecule has 4 unspecified atom stereocenters. The number of likely N-dealkylation sites (tertiary alicyclic amines) is 1. The molecule has 0 saturated carbocycles. The number of aliphatic hydroxyl groups is 14. The standard InChI is InChI=1S/C31H39F7N4O22/c1-6-11(19(49)20(50)14(32)15(6)45)23(52)24(53,54)21(41(28(57,58)8(3)43)31(63,64)29(59,60)39-9(4)44)25(55,56)30(61,62)42(23)22(51)40(5)7(2)10-16(46)12(26(33,34)35)18(48)13(17(10)47)27(36,37)38/h7-8,21,43,45-50,52-64H,1-5H3,(H,39,44). The quantitative estimate of drug-likeness (QED) is 0.0483. The van der Waals surface area contributed by atoms with Gasteiger partial charge < -0.3 is 107 Å². The number of hydrogen-bond acceptors (Lipinski definition) is 23. The number of amides is 3. The van der Waals surface area contributed by atoms with Crippen molar-refractivity contribution in [3.63, 3.8) is 0 Å². The molecule has 3 amide bonds. The predicted octanol–water partition coefficient (Wildman–Crippen LogP) is -5.22. The van der Waals surface area contributed by atoms with Gasteiger partial charge in [-0.2, -0.15) is 35.6 Å². The smallest absolute Gasteiger partial charge is 0.423 e. The van der Waals surface area contributed by atoms with Crippen molar-refractivity contribution >= 4 is 11.9 Å². The van der Waals surface area contributed by atoms with E-state index in [-0.39, 0.29) is 27.8 Å². The molecule has 364 valence electrons. The maximum absolute atomic E-state index is 14.8. The summed E-state index contributed by atoms with van der Waals surface area (Å²) in [6.45, 7) is 0.953. The van der Waals surface area contributed by atoms with Gasteiger partial charge in [-0.1, -0.05) is 0 Å². The van der Waals surface area contributed by atoms with Crippen molar-refractivity contribution in [2.75, 3.05) is 7.05 Å². The molecule has 21 N–H and O–H groups in total. The van der Waals surface area contributed by atoms with Gasteiger partial charge in [-0.25, -0.2) is 9.69 Å². The number of phenolic OH excluding ortho intramolecular Hbond substituents is 6. The third kappa shape index (κ3) is 7.41. The lowest BCUT2D eigenvalue weighted by Crippen LogP contribution is -2.94. The summed E-state index contributed by atoms with van der Waals surface area (Å²) in [6, 6.07) is -10.8. The number of rotatable bonds is 9. The summed E-state index contributed by atoms with van der Waals surface area (Å²) in [5, 5.41) is 221. The molecule has 33 heteroatoms. The van der Waals surface area contributed by atoms with Gasteiger partial charge in [0, 0.05) is 19.5 Å². The number of hydrogen-bond donors (Lipinski definition) is 21. The molecule has 0 radical (unpaired) electrons. The Bertz CT molecular complexity index is 2150. The third-order valence-corrected chi connectivity index (χ3v) is 10.2. The molecular weight excluding hydrogens is 913 g/mol. The normalized spacial score (nSPS) is 21.4. The minimum Gasteiger partial charge on any atom is -0.507 e. The van der Waals surface area contributed by atoms with E-state index < -0.39 is 166 Å². The van der Waals surface area contributed by atoms with E-state index in [1.54, 1.807) is 0 Å². The summed E-state index contributed by atoms with van der Waals surface area (Å²) in [5.74, 6) is -51.9. The fourth-order valence-electron chi connectivity index (χ4n) is 6.84. The van der Waals surface area contributed by atoms with E-state index in [9.17, 15) is 142 Å². The molecule has 3 rings (SSSR count). The summed E-state index contributed by atoms with van der Waals surface area (Å²) in [4.78, 5) is 22.2. The van der Waals surface area contributed by atoms with Gasteiger partial charge in [0.15, 0.2) is 17.2 Å². The Morgan fingerprint density at radius 3 is 1.52 bits per heavy atom. The summed E-state index contributed by atoms with van der Waals surface area (Å²) in [5.41, 5.74) is -17.6. The molecule has 1 aliphatic heterocycles. The van der Waals surface area contributed by atoms with E-state index in [4.69, 9.17) is 0 Å². The molecule has 1 saturated heterocycles. The molecule has 64 heavy (non-hydrogen) atoms. The maximum Gasteiger partial charge on any atom is 0.423 e. The lowest BCUT2D eigenvalue weighted by atomic mass is 9.73. The molecule has 1 fully saturated rings. The van der Waals surface area contributed by atoms with Gasteiger partial charge in [0.25, 0.3) is 11.7 Å². The Morgan fingerprint density at radius 1 is 0.719 bits per heavy atom. The van der Waals surface area contributed by atoms with Crippen LogP contribution in [0.25, 0.3) is 0 Å². The number of nitrogens with one attached hydrogen (secondary N) is 1. The van der Waals surface area contributed by atoms with Gasteiger partial charge in [0.2, 0.25) is 23.2 Å². The molecule has 2 aromatic carbocycles. The number of alkyl halides is 6. The Morgan fingerprint density at radius 2 is 1.14 bits per heavy atom. The van der Waals surface area contributed by atoms with Crippen LogP contribution in [0.15, 0.2) is 0 Å². The van der Waals surface area contributed by atoms with Crippen molar-refractivity contribution in [2.45, 2.75) is 99.2 Å². The van der Waals surface area contributed by atoms with Crippen LogP contribution in [-0.4, -0.2) is 183 Å². The van der Waals surface area contributed by atoms with Gasteiger partial charge in [-0.05, 0) is 20.8 Å². The third-order valence-electron chi connectivity index (χ3n) is 10.2. The Hall–Kier alpha value is -5.11. The van der Waals surface area contributed by atoms with Crippen LogP contribution >= 0.6 is 0 Å². The minimum atomic E-state index is -6.18. The molecule has 26 nitrogen and oxygen atoms in total. The van der Waals surface area contributed by atoms with Gasteiger partial charge >= 0.3 is 36.1 Å². The van der Waals surface area contributed by atoms with Crippen molar-refractivity contribution in [3.8, 4) is 34.5 Å². The van der Waals surface area contributed by atoms with E-state index in [0.717, 1.165) is 5.32 Å². The second-order valence-corrected chi connectivity index (χ2v) is 14.4. The van der Waals surface area contributed by atoms with Gasteiger partial charge in [0.05, 0.1) is 17.2 Å². The lowest BCUT2D eigenvalue weighted by Gasteiger charge is -2.66. The summed E-state index contributed by atoms with van der Waals surface area (Å²) in [6.07, 6.45) is -15.6. The van der Waals surface area contributed by atoms with Crippen molar-refractivity contribution in [2.24, 2.45) is 0 Å². The van der Waals surface area contributed by atoms with Crippen LogP contribution in [0, 0.1) is 12.7 Å². The highest BCUT2D eigenvalue weighted by molar-refractivity contribution is 5.79. The highest BCUT2D eigenvalue weighted by Crippen LogP contribution is 2.60. The highest BCUT2D eigenvalue weighted by Gasteiger charge is 2.85. The number of aromatic hydroxyl groups is 6. The van der Waals surface area contributed by atoms with E-state index in [2.05, 4.69) is 0 Å². The fourth-order valence-corrected chi connectivity index (χ4v) is 6.84. The van der Waals surface area contributed by atoms with E-state index >= 15 is 0 Å². The molecule has 2 aromatic rings. The first kappa shape index (κ1) is 53.2. The first-order valence-electron chi connectivity index (χ1n) is 16.9. The van der Waals surface area contributed by atoms with Crippen LogP contribution < -0.4 is 5.32 Å². The predicted molar refractivity (Wildman–Crippen MR) is 179 cm³/mol. The van der Waals surface area contributed by atoms with E-state index in [0.29, 0.717) is 6.92 Å². The van der Waals surface area contributed by atoms with Crippen molar-refractivity contribution in [3.05, 3.63) is 33.6 Å². The largest absolute Gasteiger partial charge is 0.507 e. The zero-order valence-electron chi connectivity index (χ0n) is 32.5. The summed E-state index contributed by atoms with van der Waals surface area (Å²) < 4.78 is 98.8. The van der Waals surface area contributed by atoms with Crippen LogP contribution in [0.1, 0.15) is 54.6 Å². The van der Waals surface area contributed by atoms with Gasteiger partial charge in [0.1, 0.15) is 40.5 Å². The van der Waals surface area contributed by atoms with Gasteiger partial charge in [-0.15, -0.1) is 0 Å². The molecule has 1 heterocycles. The average Bonchev–Trinajstić information content (AvgIpc) is 3.08. The SMILES string of the molecule is CC(=O)NC(O)(O)C(O)(O)N(C1C(O)(O)C(O)(O)N(C(=O)N(C)C(C)c2c(O)c(C(F)(F)F)c(O)c(C(F)(F)F)c2O)C(O)(c2c(C)c(O)c(F)c(O)c2O)C1(O)O)C(O)(O)C(C)O. The van der Waals surface area contributed by atoms with Crippen molar-refractivity contribution < 1.29 is 142 Å². The zero-order chi connectivity index (χ0) is 50.8. The summed E-state index contributed by atoms with van der Waals surface area (Å²) in [7, 11) is 0.0685. The van der Waals surface area contributed by atoms with E-state index in [1.807, 2.05) is 0 Å². The van der Waals surface area contributed by atoms with Crippen molar-refractivity contribution in [1.29, 1.82) is 0 Å². The van der Waals surface area contributed by atoms with Crippen molar-refractivity contribution in [1.82, 2.24) is 20.0 Å². The fraction of sp³-hybridized carbons (Fsp3) is 0.548. The second kappa shape index (κ2) is 15.5. The molecule has 0 bridgehead atoms. The van der Waals surface area contributed by atoms with Crippen LogP contribution in [0.3, 0.4) is 0 Å². The molecule has 1 aliphatic rings. The number of nitrogens with zero attached hydrogens (tertiary/aromatic N) is 3. The second-order valence-electron chi connectivity index (χ2n) is 14.4. The Balaban J connectivity index is 2.71. The van der Waals surface area contributed by atoms with Gasteiger partial charge in [-0.3, -0.25) is 10.1 Å². The average molecular weight is 953 g/mol. The number of benzene rings is 2. The molecule has 0 aromatic heterocycles. The Kier molecular flexibility index (Phi) is 12.9.